The van der Waals surface area contributed by atoms with Crippen molar-refractivity contribution < 1.29 is 14.3 Å². The van der Waals surface area contributed by atoms with E-state index in [9.17, 15) is 9.59 Å². The van der Waals surface area contributed by atoms with Crippen LogP contribution >= 0.6 is 0 Å². The Balaban J connectivity index is 1.80. The maximum Gasteiger partial charge on any atom is 0.265 e. The molecule has 5 nitrogen and oxygen atoms in total. The van der Waals surface area contributed by atoms with Crippen molar-refractivity contribution in [2.75, 3.05) is 10.6 Å². The second kappa shape index (κ2) is 5.52. The van der Waals surface area contributed by atoms with Crippen LogP contribution in [0.1, 0.15) is 22.8 Å². The molecule has 0 radical (unpaired) electrons. The summed E-state index contributed by atoms with van der Waals surface area (Å²) in [4.78, 5) is 23.8. The minimum Gasteiger partial charge on any atom is -0.479 e. The van der Waals surface area contributed by atoms with Crippen LogP contribution in [-0.2, 0) is 4.79 Å². The van der Waals surface area contributed by atoms with Gasteiger partial charge in [-0.15, -0.1) is 0 Å². The van der Waals surface area contributed by atoms with Gasteiger partial charge in [-0.1, -0.05) is 17.7 Å². The largest absolute Gasteiger partial charge is 0.479 e. The molecule has 5 heteroatoms. The maximum absolute atomic E-state index is 12.2. The standard InChI is InChI=1S/C17H16N2O3/c1-10-4-3-5-12(8-10)17(21)18-13-6-7-15-14(9-13)19-16(20)11(2)22-15/h3-9,11H,1-2H3,(H,18,21)(H,19,20)/t11-/m1/s1. The van der Waals surface area contributed by atoms with E-state index >= 15 is 0 Å². The second-order valence-corrected chi connectivity index (χ2v) is 5.28. The summed E-state index contributed by atoms with van der Waals surface area (Å²) in [5.74, 6) is 0.204. The van der Waals surface area contributed by atoms with Gasteiger partial charge in [0.15, 0.2) is 6.10 Å². The van der Waals surface area contributed by atoms with E-state index in [1.54, 1.807) is 31.2 Å². The van der Waals surface area contributed by atoms with Gasteiger partial charge in [0.05, 0.1) is 5.69 Å². The number of nitrogens with one attached hydrogen (secondary N) is 2. The molecule has 3 rings (SSSR count). The van der Waals surface area contributed by atoms with Crippen LogP contribution in [0.5, 0.6) is 5.75 Å². The van der Waals surface area contributed by atoms with E-state index in [2.05, 4.69) is 10.6 Å². The van der Waals surface area contributed by atoms with Crippen LogP contribution in [0.2, 0.25) is 0 Å². The van der Waals surface area contributed by atoms with Crippen LogP contribution in [-0.4, -0.2) is 17.9 Å². The fourth-order valence-electron chi connectivity index (χ4n) is 2.28. The molecule has 0 saturated heterocycles. The van der Waals surface area contributed by atoms with Crippen LogP contribution in [0.3, 0.4) is 0 Å². The molecule has 2 amide bonds. The quantitative estimate of drug-likeness (QED) is 0.895. The molecule has 1 heterocycles. The number of hydrogen-bond donors (Lipinski definition) is 2. The van der Waals surface area contributed by atoms with E-state index in [0.717, 1.165) is 5.56 Å². The molecule has 2 aromatic carbocycles. The highest BCUT2D eigenvalue weighted by Gasteiger charge is 2.23. The van der Waals surface area contributed by atoms with Gasteiger partial charge in [-0.05, 0) is 44.2 Å². The van der Waals surface area contributed by atoms with Gasteiger partial charge in [0.2, 0.25) is 0 Å². The minimum absolute atomic E-state index is 0.194. The molecule has 22 heavy (non-hydrogen) atoms. The first kappa shape index (κ1) is 14.1. The summed E-state index contributed by atoms with van der Waals surface area (Å²) in [6.07, 6.45) is -0.514. The number of rotatable bonds is 2. The van der Waals surface area contributed by atoms with Crippen molar-refractivity contribution in [3.63, 3.8) is 0 Å². The van der Waals surface area contributed by atoms with Crippen LogP contribution in [0.4, 0.5) is 11.4 Å². The lowest BCUT2D eigenvalue weighted by Crippen LogP contribution is -2.34. The first-order valence-electron chi connectivity index (χ1n) is 7.02. The first-order valence-corrected chi connectivity index (χ1v) is 7.02. The molecule has 0 aliphatic carbocycles. The van der Waals surface area contributed by atoms with E-state index < -0.39 is 6.10 Å². The Kier molecular flexibility index (Phi) is 3.55. The molecular weight excluding hydrogens is 280 g/mol. The Bertz CT molecular complexity index is 755. The van der Waals surface area contributed by atoms with E-state index in [4.69, 9.17) is 4.74 Å². The van der Waals surface area contributed by atoms with Gasteiger partial charge in [0.25, 0.3) is 11.8 Å². The van der Waals surface area contributed by atoms with Gasteiger partial charge >= 0.3 is 0 Å². The number of carbonyl (C=O) groups is 2. The number of ether oxygens (including phenoxy) is 1. The summed E-state index contributed by atoms with van der Waals surface area (Å²) < 4.78 is 5.48. The summed E-state index contributed by atoms with van der Waals surface area (Å²) in [6, 6.07) is 12.5. The van der Waals surface area contributed by atoms with Gasteiger partial charge in [0, 0.05) is 11.3 Å². The highest BCUT2D eigenvalue weighted by atomic mass is 16.5. The number of carbonyl (C=O) groups excluding carboxylic acids is 2. The lowest BCUT2D eigenvalue weighted by Gasteiger charge is -2.23. The van der Waals surface area contributed by atoms with E-state index in [0.29, 0.717) is 22.7 Å². The number of fused-ring (bicyclic) bond motifs is 1. The highest BCUT2D eigenvalue weighted by molar-refractivity contribution is 6.05. The number of hydrogen-bond acceptors (Lipinski definition) is 3. The number of amides is 2. The molecule has 0 unspecified atom stereocenters. The predicted molar refractivity (Wildman–Crippen MR) is 84.3 cm³/mol. The zero-order chi connectivity index (χ0) is 15.7. The van der Waals surface area contributed by atoms with Crippen molar-refractivity contribution in [2.24, 2.45) is 0 Å². The molecule has 2 aromatic rings. The molecule has 2 N–H and O–H groups in total. The molecule has 0 spiro atoms. The summed E-state index contributed by atoms with van der Waals surface area (Å²) in [5, 5.41) is 5.57. The van der Waals surface area contributed by atoms with Crippen molar-refractivity contribution >= 4 is 23.2 Å². The Morgan fingerprint density at radius 3 is 2.82 bits per heavy atom. The smallest absolute Gasteiger partial charge is 0.265 e. The topological polar surface area (TPSA) is 67.4 Å². The Labute approximate surface area is 128 Å². The monoisotopic (exact) mass is 296 g/mol. The van der Waals surface area contributed by atoms with Crippen molar-refractivity contribution in [1.29, 1.82) is 0 Å². The fraction of sp³-hybridized carbons (Fsp3) is 0.176. The Morgan fingerprint density at radius 1 is 1.23 bits per heavy atom. The number of anilines is 2. The zero-order valence-corrected chi connectivity index (χ0v) is 12.3. The lowest BCUT2D eigenvalue weighted by molar-refractivity contribution is -0.122. The third-order valence-corrected chi connectivity index (χ3v) is 3.45. The van der Waals surface area contributed by atoms with Crippen molar-refractivity contribution in [3.05, 3.63) is 53.6 Å². The summed E-state index contributed by atoms with van der Waals surface area (Å²) in [5.41, 5.74) is 2.77. The van der Waals surface area contributed by atoms with Gasteiger partial charge in [-0.25, -0.2) is 0 Å². The SMILES string of the molecule is Cc1cccc(C(=O)Nc2ccc3c(c2)NC(=O)[C@@H](C)O3)c1. The van der Waals surface area contributed by atoms with E-state index in [1.807, 2.05) is 25.1 Å². The molecule has 1 aliphatic heterocycles. The van der Waals surface area contributed by atoms with E-state index in [1.165, 1.54) is 0 Å². The fourth-order valence-corrected chi connectivity index (χ4v) is 2.28. The number of benzene rings is 2. The number of aryl methyl sites for hydroxylation is 1. The molecule has 1 aliphatic rings. The first-order chi connectivity index (χ1) is 10.5. The van der Waals surface area contributed by atoms with Gasteiger partial charge in [0.1, 0.15) is 5.75 Å². The maximum atomic E-state index is 12.2. The summed E-state index contributed by atoms with van der Waals surface area (Å²) in [7, 11) is 0. The average molecular weight is 296 g/mol. The van der Waals surface area contributed by atoms with E-state index in [-0.39, 0.29) is 11.8 Å². The van der Waals surface area contributed by atoms with Gasteiger partial charge < -0.3 is 15.4 Å². The van der Waals surface area contributed by atoms with Crippen molar-refractivity contribution in [1.82, 2.24) is 0 Å². The van der Waals surface area contributed by atoms with Crippen molar-refractivity contribution in [3.8, 4) is 5.75 Å². The summed E-state index contributed by atoms with van der Waals surface area (Å²) >= 11 is 0. The Hall–Kier alpha value is -2.82. The second-order valence-electron chi connectivity index (χ2n) is 5.28. The van der Waals surface area contributed by atoms with Gasteiger partial charge in [-0.2, -0.15) is 0 Å². The zero-order valence-electron chi connectivity index (χ0n) is 12.3. The molecule has 112 valence electrons. The molecular formula is C17H16N2O3. The summed E-state index contributed by atoms with van der Waals surface area (Å²) in [6.45, 7) is 3.62. The minimum atomic E-state index is -0.514. The molecule has 1 atom stereocenters. The van der Waals surface area contributed by atoms with Crippen molar-refractivity contribution in [2.45, 2.75) is 20.0 Å². The third kappa shape index (κ3) is 2.79. The van der Waals surface area contributed by atoms with Crippen LogP contribution < -0.4 is 15.4 Å². The lowest BCUT2D eigenvalue weighted by atomic mass is 10.1. The average Bonchev–Trinajstić information content (AvgIpc) is 2.49. The van der Waals surface area contributed by atoms with Crippen LogP contribution in [0, 0.1) is 6.92 Å². The van der Waals surface area contributed by atoms with Crippen LogP contribution in [0.25, 0.3) is 0 Å². The third-order valence-electron chi connectivity index (χ3n) is 3.45. The van der Waals surface area contributed by atoms with Gasteiger partial charge in [-0.3, -0.25) is 9.59 Å². The highest BCUT2D eigenvalue weighted by Crippen LogP contribution is 2.32. The molecule has 0 fully saturated rings. The van der Waals surface area contributed by atoms with Crippen LogP contribution in [0.15, 0.2) is 42.5 Å². The molecule has 0 bridgehead atoms. The molecule has 0 aromatic heterocycles. The molecule has 0 saturated carbocycles. The predicted octanol–water partition coefficient (Wildman–Crippen LogP) is 2.97. The Morgan fingerprint density at radius 2 is 2.05 bits per heavy atom. The normalized spacial score (nSPS) is 16.3.